The van der Waals surface area contributed by atoms with E-state index in [1.54, 1.807) is 6.20 Å². The second-order valence-corrected chi connectivity index (χ2v) is 7.21. The van der Waals surface area contributed by atoms with Crippen LogP contribution in [0.4, 0.5) is 5.13 Å². The number of amides is 1. The number of carbonyl (C=O) groups excluding carboxylic acids is 1. The minimum Gasteiger partial charge on any atom is -0.337 e. The van der Waals surface area contributed by atoms with Crippen molar-refractivity contribution in [1.29, 1.82) is 0 Å². The van der Waals surface area contributed by atoms with E-state index in [1.807, 2.05) is 24.7 Å². The molecule has 1 atom stereocenters. The van der Waals surface area contributed by atoms with Crippen LogP contribution >= 0.6 is 11.3 Å². The van der Waals surface area contributed by atoms with Gasteiger partial charge in [0.2, 0.25) is 5.91 Å². The van der Waals surface area contributed by atoms with E-state index in [0.29, 0.717) is 11.7 Å². The number of piperazine rings is 1. The van der Waals surface area contributed by atoms with E-state index < -0.39 is 0 Å². The van der Waals surface area contributed by atoms with Gasteiger partial charge in [0, 0.05) is 44.0 Å². The van der Waals surface area contributed by atoms with E-state index in [1.165, 1.54) is 16.2 Å². The number of imidazole rings is 1. The molecule has 1 saturated heterocycles. The Labute approximate surface area is 146 Å². The SMILES string of the molecule is CCc1nc(NC(=O)CN2CCNCC2c2nccn2C)sc1C. The number of carbonyl (C=O) groups is 1. The zero-order valence-electron chi connectivity index (χ0n) is 14.4. The second kappa shape index (κ2) is 7.42. The minimum absolute atomic E-state index is 0.0208. The number of aryl methyl sites for hydroxylation is 3. The number of thiazole rings is 1. The van der Waals surface area contributed by atoms with Crippen molar-refractivity contribution in [2.45, 2.75) is 26.3 Å². The third-order valence-corrected chi connectivity index (χ3v) is 5.26. The number of hydrogen-bond donors (Lipinski definition) is 2. The summed E-state index contributed by atoms with van der Waals surface area (Å²) >= 11 is 1.54. The Hall–Kier alpha value is -1.77. The van der Waals surface area contributed by atoms with Gasteiger partial charge >= 0.3 is 0 Å². The number of rotatable bonds is 5. The van der Waals surface area contributed by atoms with Crippen molar-refractivity contribution in [2.24, 2.45) is 7.05 Å². The normalized spacial score (nSPS) is 18.7. The van der Waals surface area contributed by atoms with E-state index in [2.05, 4.69) is 32.4 Å². The predicted octanol–water partition coefficient (Wildman–Crippen LogP) is 1.33. The van der Waals surface area contributed by atoms with Crippen LogP contribution in [0.1, 0.15) is 29.4 Å². The summed E-state index contributed by atoms with van der Waals surface area (Å²) < 4.78 is 2.01. The van der Waals surface area contributed by atoms with Gasteiger partial charge in [0.25, 0.3) is 0 Å². The molecular formula is C16H24N6OS. The average Bonchev–Trinajstić information content (AvgIpc) is 3.13. The average molecular weight is 348 g/mol. The first kappa shape index (κ1) is 17.1. The van der Waals surface area contributed by atoms with Crippen molar-refractivity contribution in [3.05, 3.63) is 28.8 Å². The molecule has 2 N–H and O–H groups in total. The highest BCUT2D eigenvalue weighted by molar-refractivity contribution is 7.15. The molecule has 8 heteroatoms. The number of hydrogen-bond acceptors (Lipinski definition) is 6. The molecule has 1 fully saturated rings. The minimum atomic E-state index is -0.0208. The molecule has 0 aromatic carbocycles. The van der Waals surface area contributed by atoms with Crippen molar-refractivity contribution in [3.8, 4) is 0 Å². The number of anilines is 1. The summed E-state index contributed by atoms with van der Waals surface area (Å²) in [4.78, 5) is 24.7. The smallest absolute Gasteiger partial charge is 0.240 e. The molecule has 24 heavy (non-hydrogen) atoms. The van der Waals surface area contributed by atoms with E-state index in [9.17, 15) is 4.79 Å². The largest absolute Gasteiger partial charge is 0.337 e. The zero-order chi connectivity index (χ0) is 17.1. The van der Waals surface area contributed by atoms with Gasteiger partial charge in [-0.2, -0.15) is 0 Å². The van der Waals surface area contributed by atoms with Crippen LogP contribution in [-0.2, 0) is 18.3 Å². The Bertz CT molecular complexity index is 709. The molecule has 1 aliphatic heterocycles. The van der Waals surface area contributed by atoms with Crippen LogP contribution in [-0.4, -0.2) is 51.5 Å². The van der Waals surface area contributed by atoms with Crippen LogP contribution in [0.3, 0.4) is 0 Å². The van der Waals surface area contributed by atoms with E-state index in [0.717, 1.165) is 37.6 Å². The summed E-state index contributed by atoms with van der Waals surface area (Å²) in [5, 5.41) is 7.02. The second-order valence-electron chi connectivity index (χ2n) is 6.01. The van der Waals surface area contributed by atoms with Crippen molar-refractivity contribution in [3.63, 3.8) is 0 Å². The van der Waals surface area contributed by atoms with E-state index in [-0.39, 0.29) is 11.9 Å². The maximum atomic E-state index is 12.5. The first-order chi connectivity index (χ1) is 11.6. The number of nitrogens with zero attached hydrogens (tertiary/aromatic N) is 4. The molecule has 0 radical (unpaired) electrons. The van der Waals surface area contributed by atoms with E-state index >= 15 is 0 Å². The molecule has 1 unspecified atom stereocenters. The molecule has 130 valence electrons. The van der Waals surface area contributed by atoms with Gasteiger partial charge in [-0.15, -0.1) is 11.3 Å². The highest BCUT2D eigenvalue weighted by atomic mass is 32.1. The summed E-state index contributed by atoms with van der Waals surface area (Å²) in [5.41, 5.74) is 1.06. The maximum absolute atomic E-state index is 12.5. The van der Waals surface area contributed by atoms with Gasteiger partial charge < -0.3 is 15.2 Å². The fourth-order valence-electron chi connectivity index (χ4n) is 3.04. The van der Waals surface area contributed by atoms with Crippen molar-refractivity contribution in [1.82, 2.24) is 24.8 Å². The Morgan fingerprint density at radius 1 is 1.54 bits per heavy atom. The van der Waals surface area contributed by atoms with Gasteiger partial charge in [0.15, 0.2) is 5.13 Å². The lowest BCUT2D eigenvalue weighted by Gasteiger charge is -2.35. The third-order valence-electron chi connectivity index (χ3n) is 4.33. The molecular weight excluding hydrogens is 324 g/mol. The molecule has 0 aliphatic carbocycles. The number of aromatic nitrogens is 3. The summed E-state index contributed by atoms with van der Waals surface area (Å²) in [6, 6.07) is 0.105. The molecule has 1 amide bonds. The lowest BCUT2D eigenvalue weighted by molar-refractivity contribution is -0.118. The summed E-state index contributed by atoms with van der Waals surface area (Å²) in [6.07, 6.45) is 4.62. The first-order valence-corrected chi connectivity index (χ1v) is 9.08. The molecule has 1 aliphatic rings. The Morgan fingerprint density at radius 3 is 3.04 bits per heavy atom. The quantitative estimate of drug-likeness (QED) is 0.853. The van der Waals surface area contributed by atoms with Crippen LogP contribution in [0.25, 0.3) is 0 Å². The standard InChI is InChI=1S/C16H24N6OS/c1-4-12-11(2)24-16(19-12)20-14(23)10-22-8-5-17-9-13(22)15-18-6-7-21(15)3/h6-7,13,17H,4-5,8-10H2,1-3H3,(H,19,20,23). The molecule has 2 aromatic rings. The molecule has 7 nitrogen and oxygen atoms in total. The molecule has 2 aromatic heterocycles. The highest BCUT2D eigenvalue weighted by Crippen LogP contribution is 2.23. The number of nitrogens with one attached hydrogen (secondary N) is 2. The van der Waals surface area contributed by atoms with Gasteiger partial charge in [0.05, 0.1) is 18.3 Å². The van der Waals surface area contributed by atoms with Gasteiger partial charge in [-0.25, -0.2) is 9.97 Å². The van der Waals surface area contributed by atoms with Crippen molar-refractivity contribution >= 4 is 22.4 Å². The summed E-state index contributed by atoms with van der Waals surface area (Å²) in [5.74, 6) is 0.959. The van der Waals surface area contributed by atoms with Crippen LogP contribution in [0.5, 0.6) is 0 Å². The molecule has 0 bridgehead atoms. The maximum Gasteiger partial charge on any atom is 0.240 e. The molecule has 0 spiro atoms. The van der Waals surface area contributed by atoms with Gasteiger partial charge in [-0.05, 0) is 13.3 Å². The molecule has 3 heterocycles. The summed E-state index contributed by atoms with van der Waals surface area (Å²) in [7, 11) is 1.99. The van der Waals surface area contributed by atoms with Gasteiger partial charge in [-0.3, -0.25) is 9.69 Å². The lowest BCUT2D eigenvalue weighted by Crippen LogP contribution is -2.49. The fraction of sp³-hybridized carbons (Fsp3) is 0.562. The Kier molecular flexibility index (Phi) is 5.27. The van der Waals surface area contributed by atoms with Crippen LogP contribution in [0.2, 0.25) is 0 Å². The zero-order valence-corrected chi connectivity index (χ0v) is 15.2. The Balaban J connectivity index is 1.66. The Morgan fingerprint density at radius 2 is 2.38 bits per heavy atom. The van der Waals surface area contributed by atoms with Crippen LogP contribution < -0.4 is 10.6 Å². The summed E-state index contributed by atoms with van der Waals surface area (Å²) in [6.45, 7) is 6.96. The predicted molar refractivity (Wildman–Crippen MR) is 95.3 cm³/mol. The van der Waals surface area contributed by atoms with Crippen molar-refractivity contribution in [2.75, 3.05) is 31.5 Å². The fourth-order valence-corrected chi connectivity index (χ4v) is 3.96. The van der Waals surface area contributed by atoms with Crippen LogP contribution in [0, 0.1) is 6.92 Å². The third kappa shape index (κ3) is 3.66. The highest BCUT2D eigenvalue weighted by Gasteiger charge is 2.28. The van der Waals surface area contributed by atoms with Gasteiger partial charge in [-0.1, -0.05) is 6.92 Å². The topological polar surface area (TPSA) is 75.1 Å². The molecule has 3 rings (SSSR count). The molecule has 0 saturated carbocycles. The van der Waals surface area contributed by atoms with E-state index in [4.69, 9.17) is 0 Å². The first-order valence-electron chi connectivity index (χ1n) is 8.26. The van der Waals surface area contributed by atoms with Crippen molar-refractivity contribution < 1.29 is 4.79 Å². The monoisotopic (exact) mass is 348 g/mol. The van der Waals surface area contributed by atoms with Crippen LogP contribution in [0.15, 0.2) is 12.4 Å². The van der Waals surface area contributed by atoms with Gasteiger partial charge in [0.1, 0.15) is 5.82 Å². The lowest BCUT2D eigenvalue weighted by atomic mass is 10.1.